The summed E-state index contributed by atoms with van der Waals surface area (Å²) in [4.78, 5) is 27.9. The van der Waals surface area contributed by atoms with Crippen molar-refractivity contribution in [1.29, 1.82) is 0 Å². The Morgan fingerprint density at radius 3 is 2.40 bits per heavy atom. The summed E-state index contributed by atoms with van der Waals surface area (Å²) >= 11 is 1.99. The molecule has 4 rings (SSSR count). The van der Waals surface area contributed by atoms with Gasteiger partial charge in [-0.2, -0.15) is 0 Å². The summed E-state index contributed by atoms with van der Waals surface area (Å²) < 4.78 is 11.9. The van der Waals surface area contributed by atoms with Crippen LogP contribution in [0.4, 0.5) is 10.1 Å². The second kappa shape index (κ2) is 11.1. The molecule has 0 aliphatic rings. The Morgan fingerprint density at radius 1 is 1.03 bits per heavy atom. The lowest BCUT2D eigenvalue weighted by Crippen LogP contribution is -2.09. The van der Waals surface area contributed by atoms with E-state index in [0.29, 0.717) is 28.2 Å². The number of amides is 1. The number of hydrogen-bond donors (Lipinski definition) is 1. The van der Waals surface area contributed by atoms with Gasteiger partial charge in [0.1, 0.15) is 17.2 Å². The normalized spacial score (nSPS) is 10.7. The second-order valence-corrected chi connectivity index (χ2v) is 9.67. The third-order valence-corrected chi connectivity index (χ3v) is 6.82. The van der Waals surface area contributed by atoms with Crippen LogP contribution in [0.1, 0.15) is 35.0 Å². The second-order valence-electron chi connectivity index (χ2n) is 7.65. The van der Waals surface area contributed by atoms with E-state index in [2.05, 4.69) is 17.2 Å². The summed E-state index contributed by atoms with van der Waals surface area (Å²) in [6.07, 6.45) is 2.04. The van der Waals surface area contributed by atoms with Crippen LogP contribution in [0.3, 0.4) is 0 Å². The molecule has 0 spiro atoms. The molecule has 1 N–H and O–H groups in total. The van der Waals surface area contributed by atoms with Gasteiger partial charge in [-0.15, -0.1) is 0 Å². The van der Waals surface area contributed by atoms with Crippen LogP contribution in [0.25, 0.3) is 11.3 Å². The van der Waals surface area contributed by atoms with E-state index < -0.39 is 10.8 Å². The average molecular weight is 510 g/mol. The number of nitrogens with zero attached hydrogens (tertiary/aromatic N) is 2. The number of aromatic nitrogens is 1. The first kappa shape index (κ1) is 24.4. The van der Waals surface area contributed by atoms with E-state index in [4.69, 9.17) is 9.47 Å². The van der Waals surface area contributed by atoms with Crippen LogP contribution >= 0.6 is 22.7 Å². The van der Waals surface area contributed by atoms with Gasteiger partial charge in [0.15, 0.2) is 5.13 Å². The van der Waals surface area contributed by atoms with Crippen LogP contribution in [-0.2, 0) is 0 Å². The fourth-order valence-electron chi connectivity index (χ4n) is 3.07. The number of unbranched alkanes of at least 4 members (excludes halogenated alkanes) is 1. The molecule has 2 heterocycles. The molecular formula is C25H23N3O5S2. The number of benzene rings is 2. The smallest absolute Gasteiger partial charge is 0.324 e. The lowest BCUT2D eigenvalue weighted by molar-refractivity contribution is -0.380. The van der Waals surface area contributed by atoms with Crippen molar-refractivity contribution in [3.8, 4) is 27.8 Å². The summed E-state index contributed by atoms with van der Waals surface area (Å²) in [7, 11) is 0. The monoisotopic (exact) mass is 509 g/mol. The van der Waals surface area contributed by atoms with Gasteiger partial charge in [0, 0.05) is 11.6 Å². The van der Waals surface area contributed by atoms with Gasteiger partial charge in [0.2, 0.25) is 5.06 Å². The summed E-state index contributed by atoms with van der Waals surface area (Å²) in [6, 6.07) is 17.9. The van der Waals surface area contributed by atoms with Gasteiger partial charge in [0.25, 0.3) is 5.91 Å². The molecule has 4 aromatic rings. The molecule has 8 nitrogen and oxygen atoms in total. The van der Waals surface area contributed by atoms with E-state index in [-0.39, 0.29) is 9.88 Å². The van der Waals surface area contributed by atoms with E-state index in [1.807, 2.05) is 55.5 Å². The highest BCUT2D eigenvalue weighted by Crippen LogP contribution is 2.41. The van der Waals surface area contributed by atoms with Crippen LogP contribution in [-0.4, -0.2) is 22.4 Å². The zero-order valence-corrected chi connectivity index (χ0v) is 20.8. The fraction of sp³-hybridized carbons (Fsp3) is 0.200. The largest absolute Gasteiger partial charge is 0.494 e. The molecule has 2 aromatic heterocycles. The van der Waals surface area contributed by atoms with Crippen molar-refractivity contribution in [2.45, 2.75) is 26.7 Å². The van der Waals surface area contributed by atoms with E-state index in [1.54, 1.807) is 0 Å². The van der Waals surface area contributed by atoms with Crippen molar-refractivity contribution in [3.63, 3.8) is 0 Å². The van der Waals surface area contributed by atoms with E-state index in [0.717, 1.165) is 41.1 Å². The molecule has 1 amide bonds. The van der Waals surface area contributed by atoms with E-state index in [9.17, 15) is 14.9 Å². The van der Waals surface area contributed by atoms with Crippen LogP contribution in [0.2, 0.25) is 0 Å². The first-order valence-corrected chi connectivity index (χ1v) is 12.6. The molecule has 0 atom stereocenters. The maximum atomic E-state index is 12.7. The molecule has 0 aliphatic heterocycles. The van der Waals surface area contributed by atoms with Crippen molar-refractivity contribution in [3.05, 3.63) is 81.2 Å². The standard InChI is InChI=1S/C25H23N3O5S2/c1-3-4-15-32-18-11-7-17(8-12-18)22-24(33-19-9-5-16(2)6-10-19)35-25(26-22)27-23(29)20-13-14-21(34-20)28(30)31/h5-14H,3-4,15H2,1-2H3,(H,26,27,29). The number of carbonyl (C=O) groups excluding carboxylic acids is 1. The number of hydrogen-bond acceptors (Lipinski definition) is 8. The molecule has 0 aliphatic carbocycles. The lowest BCUT2D eigenvalue weighted by atomic mass is 10.1. The molecule has 0 fully saturated rings. The Bertz CT molecular complexity index is 1310. The highest BCUT2D eigenvalue weighted by atomic mass is 32.1. The number of thiophene rings is 1. The van der Waals surface area contributed by atoms with Gasteiger partial charge in [-0.25, -0.2) is 4.98 Å². The number of ether oxygens (including phenoxy) is 2. The Balaban J connectivity index is 1.60. The predicted molar refractivity (Wildman–Crippen MR) is 138 cm³/mol. The van der Waals surface area contributed by atoms with Gasteiger partial charge < -0.3 is 9.47 Å². The summed E-state index contributed by atoms with van der Waals surface area (Å²) in [6.45, 7) is 4.76. The Hall–Kier alpha value is -3.76. The molecule has 180 valence electrons. The first-order valence-electron chi connectivity index (χ1n) is 11.0. The Kier molecular flexibility index (Phi) is 7.74. The molecule has 10 heteroatoms. The molecule has 0 radical (unpaired) electrons. The molecule has 35 heavy (non-hydrogen) atoms. The number of carbonyl (C=O) groups is 1. The quantitative estimate of drug-likeness (QED) is 0.137. The fourth-order valence-corrected chi connectivity index (χ4v) is 4.64. The number of nitrogens with one attached hydrogen (secondary N) is 1. The summed E-state index contributed by atoms with van der Waals surface area (Å²) in [5.74, 6) is 0.947. The molecule has 0 bridgehead atoms. The molecular weight excluding hydrogens is 486 g/mol. The van der Waals surface area contributed by atoms with Crippen molar-refractivity contribution in [2.75, 3.05) is 11.9 Å². The maximum absolute atomic E-state index is 12.7. The van der Waals surface area contributed by atoms with Crippen molar-refractivity contribution in [2.24, 2.45) is 0 Å². The Labute approximate surface area is 210 Å². The first-order chi connectivity index (χ1) is 16.9. The number of nitro groups is 1. The molecule has 2 aromatic carbocycles. The number of thiazole rings is 1. The van der Waals surface area contributed by atoms with Crippen LogP contribution in [0.5, 0.6) is 16.6 Å². The van der Waals surface area contributed by atoms with Gasteiger partial charge in [-0.1, -0.05) is 53.7 Å². The van der Waals surface area contributed by atoms with Crippen molar-refractivity contribution < 1.29 is 19.2 Å². The lowest BCUT2D eigenvalue weighted by Gasteiger charge is -2.08. The predicted octanol–water partition coefficient (Wildman–Crippen LogP) is 7.31. The minimum Gasteiger partial charge on any atom is -0.494 e. The van der Waals surface area contributed by atoms with Crippen molar-refractivity contribution in [1.82, 2.24) is 4.98 Å². The molecule has 0 unspecified atom stereocenters. The third kappa shape index (κ3) is 6.23. The average Bonchev–Trinajstić information content (AvgIpc) is 3.49. The minimum absolute atomic E-state index is 0.0976. The highest BCUT2D eigenvalue weighted by molar-refractivity contribution is 7.19. The maximum Gasteiger partial charge on any atom is 0.324 e. The molecule has 0 saturated carbocycles. The Morgan fingerprint density at radius 2 is 1.74 bits per heavy atom. The number of anilines is 1. The van der Waals surface area contributed by atoms with Crippen LogP contribution in [0, 0.1) is 17.0 Å². The van der Waals surface area contributed by atoms with Crippen LogP contribution < -0.4 is 14.8 Å². The van der Waals surface area contributed by atoms with Crippen LogP contribution in [0.15, 0.2) is 60.7 Å². The van der Waals surface area contributed by atoms with Gasteiger partial charge in [0.05, 0.1) is 16.4 Å². The minimum atomic E-state index is -0.522. The third-order valence-electron chi connectivity index (χ3n) is 4.94. The molecule has 0 saturated heterocycles. The van der Waals surface area contributed by atoms with Gasteiger partial charge >= 0.3 is 5.00 Å². The zero-order valence-electron chi connectivity index (χ0n) is 19.1. The number of rotatable bonds is 10. The zero-order chi connectivity index (χ0) is 24.8. The summed E-state index contributed by atoms with van der Waals surface area (Å²) in [5.41, 5.74) is 2.49. The highest BCUT2D eigenvalue weighted by Gasteiger charge is 2.20. The van der Waals surface area contributed by atoms with E-state index >= 15 is 0 Å². The number of aryl methyl sites for hydroxylation is 1. The van der Waals surface area contributed by atoms with Gasteiger partial charge in [-0.3, -0.25) is 20.2 Å². The van der Waals surface area contributed by atoms with Gasteiger partial charge in [-0.05, 0) is 55.8 Å². The van der Waals surface area contributed by atoms with E-state index in [1.165, 1.54) is 23.5 Å². The summed E-state index contributed by atoms with van der Waals surface area (Å²) in [5, 5.41) is 14.4. The van der Waals surface area contributed by atoms with Crippen molar-refractivity contribution >= 4 is 38.7 Å². The SMILES string of the molecule is CCCCOc1ccc(-c2nc(NC(=O)c3ccc([N+](=O)[O-])s3)sc2Oc2ccc(C)cc2)cc1. The topological polar surface area (TPSA) is 104 Å².